The van der Waals surface area contributed by atoms with Gasteiger partial charge in [-0.15, -0.1) is 0 Å². The fourth-order valence-corrected chi connectivity index (χ4v) is 2.28. The first-order chi connectivity index (χ1) is 8.16. The second-order valence-electron chi connectivity index (χ2n) is 4.71. The first-order valence-corrected chi connectivity index (χ1v) is 6.12. The maximum atomic E-state index is 10.1. The molecule has 94 valence electrons. The van der Waals surface area contributed by atoms with Crippen LogP contribution in [0.15, 0.2) is 24.3 Å². The van der Waals surface area contributed by atoms with E-state index in [1.165, 1.54) is 12.8 Å². The van der Waals surface area contributed by atoms with Gasteiger partial charge in [-0.05, 0) is 43.6 Å². The summed E-state index contributed by atoms with van der Waals surface area (Å²) in [7, 11) is 0. The summed E-state index contributed by atoms with van der Waals surface area (Å²) in [5, 5.41) is 19.3. The van der Waals surface area contributed by atoms with Crippen LogP contribution in [0.2, 0.25) is 0 Å². The minimum Gasteiger partial charge on any atom is -0.508 e. The molecule has 17 heavy (non-hydrogen) atoms. The molecule has 2 atom stereocenters. The van der Waals surface area contributed by atoms with Crippen molar-refractivity contribution in [2.45, 2.75) is 25.0 Å². The highest BCUT2D eigenvalue weighted by molar-refractivity contribution is 5.27. The van der Waals surface area contributed by atoms with Gasteiger partial charge in [-0.25, -0.2) is 0 Å². The van der Waals surface area contributed by atoms with Crippen molar-refractivity contribution in [2.75, 3.05) is 19.6 Å². The number of phenolic OH excluding ortho intramolecular Hbond substituents is 1. The van der Waals surface area contributed by atoms with E-state index in [0.29, 0.717) is 0 Å². The number of hydrogen-bond donors (Lipinski definition) is 3. The Morgan fingerprint density at radius 3 is 2.35 bits per heavy atom. The number of hydrogen-bond acceptors (Lipinski definition) is 4. The van der Waals surface area contributed by atoms with Crippen molar-refractivity contribution in [3.63, 3.8) is 0 Å². The summed E-state index contributed by atoms with van der Waals surface area (Å²) < 4.78 is 0. The van der Waals surface area contributed by atoms with E-state index in [-0.39, 0.29) is 11.8 Å². The summed E-state index contributed by atoms with van der Waals surface area (Å²) in [6.07, 6.45) is 1.78. The fraction of sp³-hybridized carbons (Fsp3) is 0.538. The van der Waals surface area contributed by atoms with Gasteiger partial charge in [0.25, 0.3) is 0 Å². The van der Waals surface area contributed by atoms with E-state index < -0.39 is 6.10 Å². The van der Waals surface area contributed by atoms with E-state index in [0.717, 1.165) is 25.2 Å². The Bertz CT molecular complexity index is 347. The first kappa shape index (κ1) is 12.4. The standard InChI is InChI=1S/C13H20N2O2/c14-12(9-15-7-1-2-8-15)13(17)10-3-5-11(16)6-4-10/h3-6,12-13,16-17H,1-2,7-9,14H2. The molecule has 4 heteroatoms. The molecule has 1 aliphatic heterocycles. The number of aromatic hydroxyl groups is 1. The van der Waals surface area contributed by atoms with Crippen LogP contribution in [-0.2, 0) is 0 Å². The SMILES string of the molecule is NC(CN1CCCC1)C(O)c1ccc(O)cc1. The normalized spacial score (nSPS) is 20.4. The van der Waals surface area contributed by atoms with E-state index in [2.05, 4.69) is 4.90 Å². The Hall–Kier alpha value is -1.10. The zero-order chi connectivity index (χ0) is 12.3. The molecule has 0 spiro atoms. The number of benzene rings is 1. The van der Waals surface area contributed by atoms with Crippen molar-refractivity contribution in [3.8, 4) is 5.75 Å². The van der Waals surface area contributed by atoms with E-state index in [1.54, 1.807) is 24.3 Å². The van der Waals surface area contributed by atoms with Crippen LogP contribution in [0.5, 0.6) is 5.75 Å². The van der Waals surface area contributed by atoms with Gasteiger partial charge in [-0.2, -0.15) is 0 Å². The molecule has 1 aliphatic rings. The van der Waals surface area contributed by atoms with Crippen LogP contribution in [-0.4, -0.2) is 40.8 Å². The Morgan fingerprint density at radius 1 is 1.18 bits per heavy atom. The first-order valence-electron chi connectivity index (χ1n) is 6.12. The van der Waals surface area contributed by atoms with Crippen LogP contribution in [0.3, 0.4) is 0 Å². The highest BCUT2D eigenvalue weighted by atomic mass is 16.3. The molecule has 2 unspecified atom stereocenters. The van der Waals surface area contributed by atoms with Crippen LogP contribution in [0.25, 0.3) is 0 Å². The number of rotatable bonds is 4. The minimum atomic E-state index is -0.670. The van der Waals surface area contributed by atoms with Crippen LogP contribution in [0.4, 0.5) is 0 Å². The van der Waals surface area contributed by atoms with Crippen LogP contribution in [0.1, 0.15) is 24.5 Å². The largest absolute Gasteiger partial charge is 0.508 e. The summed E-state index contributed by atoms with van der Waals surface area (Å²) in [5.41, 5.74) is 6.77. The number of likely N-dealkylation sites (tertiary alicyclic amines) is 1. The van der Waals surface area contributed by atoms with Gasteiger partial charge >= 0.3 is 0 Å². The van der Waals surface area contributed by atoms with Crippen molar-refractivity contribution >= 4 is 0 Å². The van der Waals surface area contributed by atoms with Crippen LogP contribution in [0, 0.1) is 0 Å². The molecule has 1 aromatic carbocycles. The Kier molecular flexibility index (Phi) is 3.99. The van der Waals surface area contributed by atoms with Gasteiger partial charge in [-0.3, -0.25) is 0 Å². The highest BCUT2D eigenvalue weighted by Gasteiger charge is 2.21. The topological polar surface area (TPSA) is 69.7 Å². The zero-order valence-electron chi connectivity index (χ0n) is 9.92. The van der Waals surface area contributed by atoms with Crippen molar-refractivity contribution < 1.29 is 10.2 Å². The zero-order valence-corrected chi connectivity index (χ0v) is 9.92. The molecule has 1 saturated heterocycles. The lowest BCUT2D eigenvalue weighted by atomic mass is 10.0. The summed E-state index contributed by atoms with van der Waals surface area (Å²) in [6.45, 7) is 2.88. The molecule has 4 N–H and O–H groups in total. The van der Waals surface area contributed by atoms with Crippen molar-refractivity contribution in [3.05, 3.63) is 29.8 Å². The van der Waals surface area contributed by atoms with Gasteiger partial charge in [-0.1, -0.05) is 12.1 Å². The van der Waals surface area contributed by atoms with Gasteiger partial charge in [0.15, 0.2) is 0 Å². The van der Waals surface area contributed by atoms with Gasteiger partial charge in [0.1, 0.15) is 5.75 Å². The maximum absolute atomic E-state index is 10.1. The van der Waals surface area contributed by atoms with Crippen LogP contribution >= 0.6 is 0 Å². The lowest BCUT2D eigenvalue weighted by Crippen LogP contribution is -2.40. The Balaban J connectivity index is 1.93. The van der Waals surface area contributed by atoms with Gasteiger partial charge < -0.3 is 20.8 Å². The maximum Gasteiger partial charge on any atom is 0.115 e. The third-order valence-corrected chi connectivity index (χ3v) is 3.31. The summed E-state index contributed by atoms with van der Waals surface area (Å²) in [6, 6.07) is 6.29. The molecule has 4 nitrogen and oxygen atoms in total. The fourth-order valence-electron chi connectivity index (χ4n) is 2.28. The van der Waals surface area contributed by atoms with E-state index in [9.17, 15) is 10.2 Å². The predicted octanol–water partition coefficient (Wildman–Crippen LogP) is 0.849. The lowest BCUT2D eigenvalue weighted by molar-refractivity contribution is 0.125. The van der Waals surface area contributed by atoms with Gasteiger partial charge in [0, 0.05) is 12.6 Å². The number of aliphatic hydroxyl groups is 1. The number of phenols is 1. The van der Waals surface area contributed by atoms with Crippen molar-refractivity contribution in [1.29, 1.82) is 0 Å². The molecule has 0 radical (unpaired) electrons. The summed E-state index contributed by atoms with van der Waals surface area (Å²) >= 11 is 0. The molecule has 0 bridgehead atoms. The lowest BCUT2D eigenvalue weighted by Gasteiger charge is -2.24. The van der Waals surface area contributed by atoms with Gasteiger partial charge in [0.05, 0.1) is 6.10 Å². The molecule has 0 amide bonds. The number of nitrogens with zero attached hydrogens (tertiary/aromatic N) is 1. The molecule has 0 saturated carbocycles. The molecule has 1 fully saturated rings. The molecule has 2 rings (SSSR count). The number of nitrogens with two attached hydrogens (primary N) is 1. The smallest absolute Gasteiger partial charge is 0.115 e. The van der Waals surface area contributed by atoms with E-state index in [1.807, 2.05) is 0 Å². The molecule has 0 aliphatic carbocycles. The molecule has 1 heterocycles. The van der Waals surface area contributed by atoms with Gasteiger partial charge in [0.2, 0.25) is 0 Å². The highest BCUT2D eigenvalue weighted by Crippen LogP contribution is 2.20. The average molecular weight is 236 g/mol. The monoisotopic (exact) mass is 236 g/mol. The quantitative estimate of drug-likeness (QED) is 0.725. The van der Waals surface area contributed by atoms with E-state index >= 15 is 0 Å². The predicted molar refractivity (Wildman–Crippen MR) is 66.7 cm³/mol. The molecule has 0 aromatic heterocycles. The summed E-state index contributed by atoms with van der Waals surface area (Å²) in [4.78, 5) is 2.29. The molecular weight excluding hydrogens is 216 g/mol. The number of aliphatic hydroxyl groups excluding tert-OH is 1. The minimum absolute atomic E-state index is 0.203. The van der Waals surface area contributed by atoms with Crippen LogP contribution < -0.4 is 5.73 Å². The third kappa shape index (κ3) is 3.19. The Labute approximate surface area is 102 Å². The second kappa shape index (κ2) is 5.49. The van der Waals surface area contributed by atoms with Crippen molar-refractivity contribution in [2.24, 2.45) is 5.73 Å². The third-order valence-electron chi connectivity index (χ3n) is 3.31. The Morgan fingerprint density at radius 2 is 1.76 bits per heavy atom. The van der Waals surface area contributed by atoms with E-state index in [4.69, 9.17) is 5.73 Å². The van der Waals surface area contributed by atoms with Crippen molar-refractivity contribution in [1.82, 2.24) is 4.90 Å². The average Bonchev–Trinajstić information content (AvgIpc) is 2.82. The summed E-state index contributed by atoms with van der Waals surface area (Å²) in [5.74, 6) is 0.203. The molecule has 1 aromatic rings. The second-order valence-corrected chi connectivity index (χ2v) is 4.71. The molecular formula is C13H20N2O2.